The maximum atomic E-state index is 11.8. The second-order valence-corrected chi connectivity index (χ2v) is 6.99. The Morgan fingerprint density at radius 2 is 1.78 bits per heavy atom. The van der Waals surface area contributed by atoms with Crippen molar-refractivity contribution in [2.75, 3.05) is 6.61 Å². The number of hydrogen-bond acceptors (Lipinski definition) is 2. The molecule has 0 fully saturated rings. The van der Waals surface area contributed by atoms with Gasteiger partial charge in [-0.15, -0.1) is 0 Å². The van der Waals surface area contributed by atoms with Crippen LogP contribution >= 0.6 is 0 Å². The monoisotopic (exact) mass is 258 g/mol. The van der Waals surface area contributed by atoms with Crippen LogP contribution in [0.5, 0.6) is 0 Å². The Balaban J connectivity index is 4.14. The molecule has 0 saturated heterocycles. The van der Waals surface area contributed by atoms with Gasteiger partial charge >= 0.3 is 6.03 Å². The highest BCUT2D eigenvalue weighted by Gasteiger charge is 2.27. The highest BCUT2D eigenvalue weighted by atomic mass is 16.3. The number of carbonyl (C=O) groups is 1. The number of aliphatic hydroxyl groups is 1. The Morgan fingerprint density at radius 3 is 2.22 bits per heavy atom. The van der Waals surface area contributed by atoms with Gasteiger partial charge in [0.2, 0.25) is 0 Å². The van der Waals surface area contributed by atoms with E-state index in [1.54, 1.807) is 0 Å². The molecule has 0 saturated carbocycles. The average molecular weight is 258 g/mol. The summed E-state index contributed by atoms with van der Waals surface area (Å²) >= 11 is 0. The van der Waals surface area contributed by atoms with E-state index in [-0.39, 0.29) is 29.6 Å². The van der Waals surface area contributed by atoms with Gasteiger partial charge < -0.3 is 15.7 Å². The molecule has 0 aliphatic rings. The lowest BCUT2D eigenvalue weighted by molar-refractivity contribution is 0.206. The third-order valence-corrected chi connectivity index (χ3v) is 2.60. The van der Waals surface area contributed by atoms with Crippen LogP contribution in [0, 0.1) is 5.41 Å². The Bertz CT molecular complexity index is 257. The highest BCUT2D eigenvalue weighted by molar-refractivity contribution is 5.75. The first-order valence-electron chi connectivity index (χ1n) is 6.75. The molecule has 0 aliphatic carbocycles. The molecular weight excluding hydrogens is 228 g/mol. The SMILES string of the molecule is CC(CCCO)NC(=O)NC(C)(C)CC(C)(C)C. The van der Waals surface area contributed by atoms with E-state index in [2.05, 4.69) is 31.4 Å². The van der Waals surface area contributed by atoms with Gasteiger partial charge in [-0.3, -0.25) is 0 Å². The molecule has 1 unspecified atom stereocenters. The maximum absolute atomic E-state index is 11.8. The number of carbonyl (C=O) groups excluding carboxylic acids is 1. The van der Waals surface area contributed by atoms with E-state index in [0.717, 1.165) is 12.8 Å². The minimum Gasteiger partial charge on any atom is -0.396 e. The Kier molecular flexibility index (Phi) is 6.68. The van der Waals surface area contributed by atoms with Crippen molar-refractivity contribution in [3.63, 3.8) is 0 Å². The van der Waals surface area contributed by atoms with Crippen LogP contribution < -0.4 is 10.6 Å². The Hall–Kier alpha value is -0.770. The van der Waals surface area contributed by atoms with E-state index in [1.165, 1.54) is 0 Å². The van der Waals surface area contributed by atoms with Crippen molar-refractivity contribution < 1.29 is 9.90 Å². The predicted molar refractivity (Wildman–Crippen MR) is 75.6 cm³/mol. The first kappa shape index (κ1) is 17.2. The first-order chi connectivity index (χ1) is 8.06. The summed E-state index contributed by atoms with van der Waals surface area (Å²) in [5.41, 5.74) is -0.0433. The summed E-state index contributed by atoms with van der Waals surface area (Å²) in [6.45, 7) is 12.7. The van der Waals surface area contributed by atoms with Gasteiger partial charge in [-0.25, -0.2) is 4.79 Å². The Labute approximate surface area is 112 Å². The third-order valence-electron chi connectivity index (χ3n) is 2.60. The topological polar surface area (TPSA) is 61.4 Å². The fourth-order valence-corrected chi connectivity index (χ4v) is 2.41. The zero-order chi connectivity index (χ0) is 14.4. The van der Waals surface area contributed by atoms with Gasteiger partial charge in [-0.1, -0.05) is 20.8 Å². The van der Waals surface area contributed by atoms with E-state index in [9.17, 15) is 4.79 Å². The predicted octanol–water partition coefficient (Wildman–Crippen LogP) is 2.66. The van der Waals surface area contributed by atoms with Crippen molar-refractivity contribution >= 4 is 6.03 Å². The average Bonchev–Trinajstić information content (AvgIpc) is 2.08. The molecule has 18 heavy (non-hydrogen) atoms. The lowest BCUT2D eigenvalue weighted by Gasteiger charge is -2.33. The number of nitrogens with one attached hydrogen (secondary N) is 2. The summed E-state index contributed by atoms with van der Waals surface area (Å²) in [6, 6.07) is -0.0442. The molecule has 0 aliphatic heterocycles. The minimum atomic E-state index is -0.223. The molecule has 0 radical (unpaired) electrons. The van der Waals surface area contributed by atoms with Gasteiger partial charge in [0.15, 0.2) is 0 Å². The summed E-state index contributed by atoms with van der Waals surface area (Å²) in [5, 5.41) is 14.6. The van der Waals surface area contributed by atoms with Gasteiger partial charge in [0.1, 0.15) is 0 Å². The molecule has 0 heterocycles. The van der Waals surface area contributed by atoms with Gasteiger partial charge in [0.05, 0.1) is 0 Å². The normalized spacial score (nSPS) is 14.2. The van der Waals surface area contributed by atoms with Crippen molar-refractivity contribution in [2.24, 2.45) is 5.41 Å². The van der Waals surface area contributed by atoms with Gasteiger partial charge in [0, 0.05) is 18.2 Å². The van der Waals surface area contributed by atoms with Crippen molar-refractivity contribution in [1.82, 2.24) is 10.6 Å². The molecule has 0 aromatic carbocycles. The van der Waals surface area contributed by atoms with E-state index in [1.807, 2.05) is 20.8 Å². The van der Waals surface area contributed by atoms with Crippen LogP contribution in [0.15, 0.2) is 0 Å². The van der Waals surface area contributed by atoms with Crippen molar-refractivity contribution in [2.45, 2.75) is 72.4 Å². The molecule has 0 spiro atoms. The zero-order valence-corrected chi connectivity index (χ0v) is 12.8. The zero-order valence-electron chi connectivity index (χ0n) is 12.8. The molecule has 0 rings (SSSR count). The molecule has 108 valence electrons. The van der Waals surface area contributed by atoms with Crippen molar-refractivity contribution in [1.29, 1.82) is 0 Å². The third kappa shape index (κ3) is 9.28. The summed E-state index contributed by atoms with van der Waals surface area (Å²) in [6.07, 6.45) is 2.43. The fourth-order valence-electron chi connectivity index (χ4n) is 2.41. The second kappa shape index (κ2) is 6.98. The molecule has 2 amide bonds. The van der Waals surface area contributed by atoms with E-state index in [0.29, 0.717) is 6.42 Å². The van der Waals surface area contributed by atoms with Gasteiger partial charge in [-0.05, 0) is 45.4 Å². The van der Waals surface area contributed by atoms with Crippen LogP contribution in [0.4, 0.5) is 4.79 Å². The van der Waals surface area contributed by atoms with Gasteiger partial charge in [-0.2, -0.15) is 0 Å². The second-order valence-electron chi connectivity index (χ2n) is 6.99. The van der Waals surface area contributed by atoms with Crippen LogP contribution in [-0.4, -0.2) is 29.3 Å². The quantitative estimate of drug-likeness (QED) is 0.686. The first-order valence-corrected chi connectivity index (χ1v) is 6.75. The molecule has 1 atom stereocenters. The standard InChI is InChI=1S/C14H30N2O2/c1-11(8-7-9-17)15-12(18)16-14(5,6)10-13(2,3)4/h11,17H,7-10H2,1-6H3,(H2,15,16,18). The number of urea groups is 1. The molecular formula is C14H30N2O2. The van der Waals surface area contributed by atoms with Crippen molar-refractivity contribution in [3.8, 4) is 0 Å². The lowest BCUT2D eigenvalue weighted by Crippen LogP contribution is -2.51. The molecule has 0 aromatic rings. The maximum Gasteiger partial charge on any atom is 0.315 e. The minimum absolute atomic E-state index is 0.0857. The number of amides is 2. The molecule has 0 bridgehead atoms. The highest BCUT2D eigenvalue weighted by Crippen LogP contribution is 2.26. The summed E-state index contributed by atoms with van der Waals surface area (Å²) in [5.74, 6) is 0. The number of rotatable bonds is 6. The molecule has 4 nitrogen and oxygen atoms in total. The largest absolute Gasteiger partial charge is 0.396 e. The van der Waals surface area contributed by atoms with Crippen LogP contribution in [0.25, 0.3) is 0 Å². The summed E-state index contributed by atoms with van der Waals surface area (Å²) in [4.78, 5) is 11.8. The molecule has 4 heteroatoms. The van der Waals surface area contributed by atoms with Crippen LogP contribution in [0.3, 0.4) is 0 Å². The van der Waals surface area contributed by atoms with Crippen LogP contribution in [0.1, 0.15) is 60.8 Å². The molecule has 0 aromatic heterocycles. The lowest BCUT2D eigenvalue weighted by atomic mass is 9.82. The van der Waals surface area contributed by atoms with Crippen LogP contribution in [-0.2, 0) is 0 Å². The number of aliphatic hydroxyl groups excluding tert-OH is 1. The fraction of sp³-hybridized carbons (Fsp3) is 0.929. The van der Waals surface area contributed by atoms with Crippen LogP contribution in [0.2, 0.25) is 0 Å². The van der Waals surface area contributed by atoms with E-state index < -0.39 is 0 Å². The molecule has 3 N–H and O–H groups in total. The van der Waals surface area contributed by atoms with Crippen molar-refractivity contribution in [3.05, 3.63) is 0 Å². The summed E-state index contributed by atoms with van der Waals surface area (Å²) in [7, 11) is 0. The smallest absolute Gasteiger partial charge is 0.315 e. The Morgan fingerprint density at radius 1 is 1.22 bits per heavy atom. The van der Waals surface area contributed by atoms with E-state index >= 15 is 0 Å². The summed E-state index contributed by atoms with van der Waals surface area (Å²) < 4.78 is 0. The van der Waals surface area contributed by atoms with Gasteiger partial charge in [0.25, 0.3) is 0 Å². The van der Waals surface area contributed by atoms with E-state index in [4.69, 9.17) is 5.11 Å². The number of hydrogen-bond donors (Lipinski definition) is 3.